The minimum absolute atomic E-state index is 0.0951. The standard InChI is InChI=1S/C15H18O3/c16-13-7-5-11-3-1-2-4-14(11)18-15-12(6-8-13)9-10-17-15/h1-2,5,7,11-16H,3-4,9-10H2/b7-5-. The number of aliphatic hydroxyl groups excluding tert-OH is 1. The summed E-state index contributed by atoms with van der Waals surface area (Å²) in [5.41, 5.74) is 0. The monoisotopic (exact) mass is 246 g/mol. The number of ether oxygens (including phenoxy) is 2. The van der Waals surface area contributed by atoms with Crippen LogP contribution in [0.25, 0.3) is 0 Å². The number of fused-ring (bicyclic) bond motifs is 2. The maximum atomic E-state index is 9.78. The molecule has 0 amide bonds. The van der Waals surface area contributed by atoms with Gasteiger partial charge in [-0.25, -0.2) is 0 Å². The zero-order valence-electron chi connectivity index (χ0n) is 10.3. The summed E-state index contributed by atoms with van der Waals surface area (Å²) >= 11 is 0. The van der Waals surface area contributed by atoms with E-state index < -0.39 is 6.10 Å². The predicted molar refractivity (Wildman–Crippen MR) is 67.5 cm³/mol. The number of hydrogen-bond donors (Lipinski definition) is 1. The van der Waals surface area contributed by atoms with Crippen LogP contribution in [-0.2, 0) is 9.47 Å². The van der Waals surface area contributed by atoms with Gasteiger partial charge < -0.3 is 14.6 Å². The quantitative estimate of drug-likeness (QED) is 0.521. The third-order valence-electron chi connectivity index (χ3n) is 3.73. The van der Waals surface area contributed by atoms with Crippen LogP contribution in [0.5, 0.6) is 0 Å². The Labute approximate surface area is 107 Å². The molecule has 0 aromatic rings. The topological polar surface area (TPSA) is 38.7 Å². The van der Waals surface area contributed by atoms with E-state index >= 15 is 0 Å². The molecule has 5 atom stereocenters. The van der Waals surface area contributed by atoms with Gasteiger partial charge in [0.05, 0.1) is 18.6 Å². The third-order valence-corrected chi connectivity index (χ3v) is 3.73. The van der Waals surface area contributed by atoms with Crippen molar-refractivity contribution < 1.29 is 14.6 Å². The normalized spacial score (nSPS) is 44.4. The fourth-order valence-electron chi connectivity index (χ4n) is 2.67. The van der Waals surface area contributed by atoms with E-state index in [1.54, 1.807) is 6.08 Å². The van der Waals surface area contributed by atoms with Crippen LogP contribution in [-0.4, -0.2) is 30.2 Å². The Kier molecular flexibility index (Phi) is 3.51. The summed E-state index contributed by atoms with van der Waals surface area (Å²) in [6, 6.07) is 0. The van der Waals surface area contributed by atoms with Crippen molar-refractivity contribution in [1.82, 2.24) is 0 Å². The van der Waals surface area contributed by atoms with Crippen molar-refractivity contribution in [3.05, 3.63) is 24.3 Å². The molecule has 2 aliphatic heterocycles. The molecule has 0 aromatic carbocycles. The van der Waals surface area contributed by atoms with Crippen LogP contribution in [0.4, 0.5) is 0 Å². The van der Waals surface area contributed by atoms with E-state index in [1.165, 1.54) is 0 Å². The average molecular weight is 246 g/mol. The van der Waals surface area contributed by atoms with E-state index in [-0.39, 0.29) is 18.3 Å². The Morgan fingerprint density at radius 3 is 2.94 bits per heavy atom. The van der Waals surface area contributed by atoms with Gasteiger partial charge in [-0.05, 0) is 25.3 Å². The lowest BCUT2D eigenvalue weighted by Gasteiger charge is -2.30. The Bertz CT molecular complexity index is 415. The van der Waals surface area contributed by atoms with Crippen molar-refractivity contribution in [3.8, 4) is 11.8 Å². The van der Waals surface area contributed by atoms with Gasteiger partial charge in [0, 0.05) is 5.92 Å². The average Bonchev–Trinajstić information content (AvgIpc) is 2.83. The molecule has 3 nitrogen and oxygen atoms in total. The van der Waals surface area contributed by atoms with Gasteiger partial charge in [-0.2, -0.15) is 0 Å². The molecule has 1 aliphatic carbocycles. The third kappa shape index (κ3) is 2.51. The molecule has 1 N–H and O–H groups in total. The SMILES string of the molecule is OC1C#CC2CCOC2OC2CC=CCC2/C=C\1. The second kappa shape index (κ2) is 5.27. The van der Waals surface area contributed by atoms with Gasteiger partial charge in [-0.15, -0.1) is 0 Å². The van der Waals surface area contributed by atoms with E-state index in [2.05, 4.69) is 24.0 Å². The molecule has 3 heteroatoms. The molecule has 96 valence electrons. The highest BCUT2D eigenvalue weighted by Crippen LogP contribution is 2.30. The van der Waals surface area contributed by atoms with Crippen LogP contribution in [0.1, 0.15) is 19.3 Å². The highest BCUT2D eigenvalue weighted by molar-refractivity contribution is 5.17. The van der Waals surface area contributed by atoms with Gasteiger partial charge >= 0.3 is 0 Å². The van der Waals surface area contributed by atoms with Crippen LogP contribution >= 0.6 is 0 Å². The Balaban J connectivity index is 1.85. The molecule has 1 saturated heterocycles. The predicted octanol–water partition coefficient (Wildman–Crippen LogP) is 1.63. The Hall–Kier alpha value is -1.08. The van der Waals surface area contributed by atoms with E-state index in [4.69, 9.17) is 9.47 Å². The number of allylic oxidation sites excluding steroid dienone is 1. The summed E-state index contributed by atoms with van der Waals surface area (Å²) in [4.78, 5) is 0. The lowest BCUT2D eigenvalue weighted by molar-refractivity contribution is -0.163. The van der Waals surface area contributed by atoms with Crippen LogP contribution in [0, 0.1) is 23.7 Å². The van der Waals surface area contributed by atoms with Crippen LogP contribution in [0.2, 0.25) is 0 Å². The van der Waals surface area contributed by atoms with Crippen molar-refractivity contribution >= 4 is 0 Å². The summed E-state index contributed by atoms with van der Waals surface area (Å²) in [6.07, 6.45) is 10.1. The zero-order valence-corrected chi connectivity index (χ0v) is 10.3. The molecule has 0 saturated carbocycles. The first-order valence-corrected chi connectivity index (χ1v) is 6.62. The smallest absolute Gasteiger partial charge is 0.171 e. The molecule has 18 heavy (non-hydrogen) atoms. The highest BCUT2D eigenvalue weighted by atomic mass is 16.7. The molecule has 3 rings (SSSR count). The van der Waals surface area contributed by atoms with Crippen molar-refractivity contribution in [3.63, 3.8) is 0 Å². The maximum Gasteiger partial charge on any atom is 0.171 e. The van der Waals surface area contributed by atoms with Crippen LogP contribution in [0.3, 0.4) is 0 Å². The maximum absolute atomic E-state index is 9.78. The Morgan fingerprint density at radius 2 is 2.00 bits per heavy atom. The van der Waals surface area contributed by atoms with Gasteiger partial charge in [0.1, 0.15) is 6.10 Å². The molecule has 0 bridgehead atoms. The zero-order chi connectivity index (χ0) is 12.4. The first-order chi connectivity index (χ1) is 8.83. The summed E-state index contributed by atoms with van der Waals surface area (Å²) in [6.45, 7) is 0.695. The Morgan fingerprint density at radius 1 is 1.11 bits per heavy atom. The molecule has 5 unspecified atom stereocenters. The first-order valence-electron chi connectivity index (χ1n) is 6.62. The molecule has 2 heterocycles. The van der Waals surface area contributed by atoms with E-state index in [1.807, 2.05) is 6.08 Å². The van der Waals surface area contributed by atoms with Gasteiger partial charge in [-0.1, -0.05) is 30.1 Å². The lowest BCUT2D eigenvalue weighted by Crippen LogP contribution is -2.32. The molecule has 0 aromatic heterocycles. The molecule has 0 radical (unpaired) electrons. The highest BCUT2D eigenvalue weighted by Gasteiger charge is 2.33. The fraction of sp³-hybridized carbons (Fsp3) is 0.600. The molecular weight excluding hydrogens is 228 g/mol. The number of hydrogen-bond acceptors (Lipinski definition) is 3. The first kappa shape index (κ1) is 12.0. The molecule has 3 aliphatic rings. The molecule has 0 spiro atoms. The van der Waals surface area contributed by atoms with E-state index in [0.717, 1.165) is 19.3 Å². The van der Waals surface area contributed by atoms with Crippen molar-refractivity contribution in [2.75, 3.05) is 6.61 Å². The molecule has 1 fully saturated rings. The van der Waals surface area contributed by atoms with Crippen molar-refractivity contribution in [2.24, 2.45) is 11.8 Å². The van der Waals surface area contributed by atoms with Gasteiger partial charge in [0.25, 0.3) is 0 Å². The fourth-order valence-corrected chi connectivity index (χ4v) is 2.67. The van der Waals surface area contributed by atoms with Crippen LogP contribution in [0.15, 0.2) is 24.3 Å². The van der Waals surface area contributed by atoms with Gasteiger partial charge in [0.15, 0.2) is 6.29 Å². The van der Waals surface area contributed by atoms with Crippen LogP contribution < -0.4 is 0 Å². The number of aliphatic hydroxyl groups is 1. The summed E-state index contributed by atoms with van der Waals surface area (Å²) < 4.78 is 11.7. The second-order valence-corrected chi connectivity index (χ2v) is 5.03. The number of rotatable bonds is 0. The van der Waals surface area contributed by atoms with Gasteiger partial charge in [0.2, 0.25) is 0 Å². The van der Waals surface area contributed by atoms with E-state index in [9.17, 15) is 5.11 Å². The minimum atomic E-state index is -0.670. The van der Waals surface area contributed by atoms with Gasteiger partial charge in [-0.3, -0.25) is 0 Å². The van der Waals surface area contributed by atoms with E-state index in [0.29, 0.717) is 12.5 Å². The van der Waals surface area contributed by atoms with Crippen molar-refractivity contribution in [1.29, 1.82) is 0 Å². The molecular formula is C15H18O3. The second-order valence-electron chi connectivity index (χ2n) is 5.03. The largest absolute Gasteiger partial charge is 0.377 e. The summed E-state index contributed by atoms with van der Waals surface area (Å²) in [5, 5.41) is 9.78. The lowest BCUT2D eigenvalue weighted by atomic mass is 9.90. The minimum Gasteiger partial charge on any atom is -0.377 e. The summed E-state index contributed by atoms with van der Waals surface area (Å²) in [7, 11) is 0. The van der Waals surface area contributed by atoms with Crippen molar-refractivity contribution in [2.45, 2.75) is 37.8 Å². The summed E-state index contributed by atoms with van der Waals surface area (Å²) in [5.74, 6) is 6.35.